The Kier molecular flexibility index (Phi) is 7.04. The Morgan fingerprint density at radius 3 is 2.36 bits per heavy atom. The molecule has 0 fully saturated rings. The smallest absolute Gasteiger partial charge is 0.308 e. The molecule has 0 heterocycles. The van der Waals surface area contributed by atoms with Gasteiger partial charge in [-0.05, 0) is 31.2 Å². The fourth-order valence-electron chi connectivity index (χ4n) is 1.65. The molecule has 1 aromatic carbocycles. The van der Waals surface area contributed by atoms with E-state index >= 15 is 0 Å². The molecule has 2 amide bonds. The molecule has 22 heavy (non-hydrogen) atoms. The highest BCUT2D eigenvalue weighted by Crippen LogP contribution is 2.10. The van der Waals surface area contributed by atoms with Crippen LogP contribution in [-0.2, 0) is 14.3 Å². The van der Waals surface area contributed by atoms with Crippen LogP contribution in [0.5, 0.6) is 0 Å². The summed E-state index contributed by atoms with van der Waals surface area (Å²) in [6.45, 7) is 1.66. The number of halogens is 1. The minimum absolute atomic E-state index is 0.00726. The highest BCUT2D eigenvalue weighted by atomic mass is 79.9. The van der Waals surface area contributed by atoms with E-state index in [4.69, 9.17) is 4.74 Å². The molecule has 0 aliphatic heterocycles. The van der Waals surface area contributed by atoms with E-state index in [1.54, 1.807) is 38.4 Å². The number of rotatable bonds is 6. The summed E-state index contributed by atoms with van der Waals surface area (Å²) in [7, 11) is 3.18. The average Bonchev–Trinajstić information content (AvgIpc) is 2.46. The number of carbonyl (C=O) groups is 3. The third-order valence-corrected chi connectivity index (χ3v) is 3.35. The summed E-state index contributed by atoms with van der Waals surface area (Å²) in [5.74, 6) is -1.08. The maximum Gasteiger partial charge on any atom is 0.308 e. The minimum atomic E-state index is -0.829. The number of hydrogen-bond donors (Lipinski definition) is 1. The van der Waals surface area contributed by atoms with E-state index in [9.17, 15) is 14.4 Å². The van der Waals surface area contributed by atoms with E-state index < -0.39 is 12.1 Å². The van der Waals surface area contributed by atoms with Crippen LogP contribution in [0, 0.1) is 0 Å². The lowest BCUT2D eigenvalue weighted by atomic mass is 10.2. The monoisotopic (exact) mass is 370 g/mol. The molecular formula is C15H19BrN2O4. The predicted molar refractivity (Wildman–Crippen MR) is 85.3 cm³/mol. The molecule has 0 aliphatic carbocycles. The van der Waals surface area contributed by atoms with E-state index in [0.717, 1.165) is 4.47 Å². The van der Waals surface area contributed by atoms with E-state index in [0.29, 0.717) is 5.56 Å². The van der Waals surface area contributed by atoms with Gasteiger partial charge in [0.25, 0.3) is 11.8 Å². The van der Waals surface area contributed by atoms with E-state index in [-0.39, 0.29) is 24.8 Å². The molecule has 6 nitrogen and oxygen atoms in total. The molecule has 0 aliphatic rings. The van der Waals surface area contributed by atoms with Crippen LogP contribution in [0.15, 0.2) is 28.7 Å². The van der Waals surface area contributed by atoms with Crippen LogP contribution < -0.4 is 5.32 Å². The van der Waals surface area contributed by atoms with Gasteiger partial charge < -0.3 is 15.0 Å². The molecule has 0 saturated heterocycles. The maximum absolute atomic E-state index is 11.8. The lowest BCUT2D eigenvalue weighted by Crippen LogP contribution is -2.35. The van der Waals surface area contributed by atoms with Crippen LogP contribution in [0.1, 0.15) is 23.7 Å². The van der Waals surface area contributed by atoms with Crippen LogP contribution in [0.25, 0.3) is 0 Å². The Morgan fingerprint density at radius 2 is 1.82 bits per heavy atom. The first-order chi connectivity index (χ1) is 10.3. The first-order valence-electron chi connectivity index (χ1n) is 6.75. The fraction of sp³-hybridized carbons (Fsp3) is 0.400. The second kappa shape index (κ2) is 8.53. The Bertz CT molecular complexity index is 543. The summed E-state index contributed by atoms with van der Waals surface area (Å²) < 4.78 is 5.87. The summed E-state index contributed by atoms with van der Waals surface area (Å²) in [6, 6.07) is 6.88. The van der Waals surface area contributed by atoms with E-state index in [2.05, 4.69) is 21.2 Å². The zero-order chi connectivity index (χ0) is 16.7. The maximum atomic E-state index is 11.8. The van der Waals surface area contributed by atoms with Gasteiger partial charge in [0.15, 0.2) is 6.10 Å². The Morgan fingerprint density at radius 1 is 1.23 bits per heavy atom. The molecule has 1 aromatic rings. The number of benzene rings is 1. The van der Waals surface area contributed by atoms with Crippen molar-refractivity contribution in [1.82, 2.24) is 10.2 Å². The molecule has 0 saturated carbocycles. The number of nitrogens with one attached hydrogen (secondary N) is 1. The predicted octanol–water partition coefficient (Wildman–Crippen LogP) is 1.59. The van der Waals surface area contributed by atoms with Crippen LogP contribution in [0.4, 0.5) is 0 Å². The molecule has 0 unspecified atom stereocenters. The van der Waals surface area contributed by atoms with Gasteiger partial charge in [0, 0.05) is 30.7 Å². The lowest BCUT2D eigenvalue weighted by molar-refractivity contribution is -0.157. The highest BCUT2D eigenvalue weighted by molar-refractivity contribution is 9.10. The molecular weight excluding hydrogens is 352 g/mol. The van der Waals surface area contributed by atoms with Gasteiger partial charge >= 0.3 is 5.97 Å². The van der Waals surface area contributed by atoms with Gasteiger partial charge in [-0.3, -0.25) is 14.4 Å². The third kappa shape index (κ3) is 5.85. The molecule has 0 spiro atoms. The van der Waals surface area contributed by atoms with Crippen molar-refractivity contribution in [3.8, 4) is 0 Å². The van der Waals surface area contributed by atoms with Crippen molar-refractivity contribution < 1.29 is 19.1 Å². The number of likely N-dealkylation sites (N-methyl/N-ethyl adjacent to an activating group) is 1. The standard InChI is InChI=1S/C15H19BrN2O4/c1-10(15(21)18(2)3)22-13(19)8-9-17-14(20)11-4-6-12(16)7-5-11/h4-7,10H,8-9H2,1-3H3,(H,17,20)/t10-/m0/s1. The number of ether oxygens (including phenoxy) is 1. The zero-order valence-electron chi connectivity index (χ0n) is 12.8. The van der Waals surface area contributed by atoms with Gasteiger partial charge in [0.2, 0.25) is 0 Å². The number of nitrogens with zero attached hydrogens (tertiary/aromatic N) is 1. The molecule has 1 atom stereocenters. The number of hydrogen-bond acceptors (Lipinski definition) is 4. The van der Waals surface area contributed by atoms with Gasteiger partial charge in [-0.15, -0.1) is 0 Å². The second-order valence-corrected chi connectivity index (χ2v) is 5.79. The number of amides is 2. The Balaban J connectivity index is 2.34. The van der Waals surface area contributed by atoms with Crippen molar-refractivity contribution in [1.29, 1.82) is 0 Å². The molecule has 0 aromatic heterocycles. The lowest BCUT2D eigenvalue weighted by Gasteiger charge is -2.17. The van der Waals surface area contributed by atoms with Crippen LogP contribution in [-0.4, -0.2) is 49.4 Å². The van der Waals surface area contributed by atoms with Gasteiger partial charge in [-0.25, -0.2) is 0 Å². The van der Waals surface area contributed by atoms with Gasteiger partial charge in [-0.1, -0.05) is 15.9 Å². The summed E-state index contributed by atoms with van der Waals surface area (Å²) in [4.78, 5) is 36.3. The van der Waals surface area contributed by atoms with Crippen molar-refractivity contribution >= 4 is 33.7 Å². The van der Waals surface area contributed by atoms with Crippen LogP contribution >= 0.6 is 15.9 Å². The topological polar surface area (TPSA) is 75.7 Å². The van der Waals surface area contributed by atoms with Gasteiger partial charge in [0.1, 0.15) is 0 Å². The number of esters is 1. The van der Waals surface area contributed by atoms with Crippen molar-refractivity contribution in [3.63, 3.8) is 0 Å². The van der Waals surface area contributed by atoms with Crippen LogP contribution in [0.3, 0.4) is 0 Å². The van der Waals surface area contributed by atoms with E-state index in [1.807, 2.05) is 0 Å². The minimum Gasteiger partial charge on any atom is -0.452 e. The van der Waals surface area contributed by atoms with Crippen molar-refractivity contribution in [2.45, 2.75) is 19.4 Å². The Hall–Kier alpha value is -1.89. The summed E-state index contributed by atoms with van der Waals surface area (Å²) in [5.41, 5.74) is 0.507. The average molecular weight is 371 g/mol. The SMILES string of the molecule is C[C@H](OC(=O)CCNC(=O)c1ccc(Br)cc1)C(=O)N(C)C. The fourth-order valence-corrected chi connectivity index (χ4v) is 1.92. The van der Waals surface area contributed by atoms with Crippen molar-refractivity contribution in [2.75, 3.05) is 20.6 Å². The van der Waals surface area contributed by atoms with Crippen molar-refractivity contribution in [3.05, 3.63) is 34.3 Å². The van der Waals surface area contributed by atoms with Gasteiger partial charge in [0.05, 0.1) is 6.42 Å². The normalized spacial score (nSPS) is 11.5. The molecule has 120 valence electrons. The molecule has 1 N–H and O–H groups in total. The third-order valence-electron chi connectivity index (χ3n) is 2.82. The van der Waals surface area contributed by atoms with Crippen LogP contribution in [0.2, 0.25) is 0 Å². The summed E-state index contributed by atoms with van der Waals surface area (Å²) in [6.07, 6.45) is -0.822. The highest BCUT2D eigenvalue weighted by Gasteiger charge is 2.19. The molecule has 0 radical (unpaired) electrons. The zero-order valence-corrected chi connectivity index (χ0v) is 14.3. The summed E-state index contributed by atoms with van der Waals surface area (Å²) in [5, 5.41) is 2.62. The first-order valence-corrected chi connectivity index (χ1v) is 7.55. The summed E-state index contributed by atoms with van der Waals surface area (Å²) >= 11 is 3.29. The molecule has 7 heteroatoms. The second-order valence-electron chi connectivity index (χ2n) is 4.88. The quantitative estimate of drug-likeness (QED) is 0.771. The molecule has 1 rings (SSSR count). The largest absolute Gasteiger partial charge is 0.452 e. The number of carbonyl (C=O) groups excluding carboxylic acids is 3. The van der Waals surface area contributed by atoms with Crippen molar-refractivity contribution in [2.24, 2.45) is 0 Å². The van der Waals surface area contributed by atoms with Gasteiger partial charge in [-0.2, -0.15) is 0 Å². The Labute approximate surface area is 137 Å². The first kappa shape index (κ1) is 18.2. The molecule has 0 bridgehead atoms. The van der Waals surface area contributed by atoms with E-state index in [1.165, 1.54) is 11.8 Å².